The molecule has 0 spiro atoms. The molecule has 0 bridgehead atoms. The second-order valence-corrected chi connectivity index (χ2v) is 5.32. The Morgan fingerprint density at radius 1 is 1.44 bits per heavy atom. The van der Waals surface area contributed by atoms with Crippen LogP contribution in [0, 0.1) is 6.92 Å². The van der Waals surface area contributed by atoms with E-state index < -0.39 is 0 Å². The van der Waals surface area contributed by atoms with Gasteiger partial charge in [0, 0.05) is 42.6 Å². The summed E-state index contributed by atoms with van der Waals surface area (Å²) in [6.45, 7) is 10.4. The van der Waals surface area contributed by atoms with E-state index in [-0.39, 0.29) is 0 Å². The summed E-state index contributed by atoms with van der Waals surface area (Å²) in [5.41, 5.74) is 2.30. The first kappa shape index (κ1) is 13.3. The fourth-order valence-electron chi connectivity index (χ4n) is 2.07. The molecule has 1 saturated carbocycles. The lowest BCUT2D eigenvalue weighted by molar-refractivity contribution is 0.663. The number of anilines is 1. The van der Waals surface area contributed by atoms with Crippen LogP contribution < -0.4 is 10.2 Å². The molecule has 1 aromatic rings. The third kappa shape index (κ3) is 3.19. The standard InChI is InChI=1S/C14H24N4/c1-5-18(10(2)3)14-16-9-12(11(4)17-14)8-15-13-6-7-13/h9-10,13,15H,5-8H2,1-4H3. The van der Waals surface area contributed by atoms with Crippen LogP contribution in [0.1, 0.15) is 44.9 Å². The molecule has 1 aliphatic carbocycles. The summed E-state index contributed by atoms with van der Waals surface area (Å²) in [7, 11) is 0. The summed E-state index contributed by atoms with van der Waals surface area (Å²) in [5.74, 6) is 0.847. The number of hydrogen-bond acceptors (Lipinski definition) is 4. The molecule has 1 aromatic heterocycles. The van der Waals surface area contributed by atoms with Gasteiger partial charge in [0.05, 0.1) is 0 Å². The molecule has 2 rings (SSSR count). The Morgan fingerprint density at radius 2 is 2.17 bits per heavy atom. The number of hydrogen-bond donors (Lipinski definition) is 1. The molecular formula is C14H24N4. The number of rotatable bonds is 6. The van der Waals surface area contributed by atoms with E-state index >= 15 is 0 Å². The highest BCUT2D eigenvalue weighted by Crippen LogP contribution is 2.20. The zero-order chi connectivity index (χ0) is 13.1. The molecule has 0 saturated heterocycles. The van der Waals surface area contributed by atoms with E-state index in [9.17, 15) is 0 Å². The van der Waals surface area contributed by atoms with Crippen LogP contribution >= 0.6 is 0 Å². The van der Waals surface area contributed by atoms with Crippen molar-refractivity contribution in [3.8, 4) is 0 Å². The monoisotopic (exact) mass is 248 g/mol. The van der Waals surface area contributed by atoms with Crippen molar-refractivity contribution in [2.75, 3.05) is 11.4 Å². The fraction of sp³-hybridized carbons (Fsp3) is 0.714. The second kappa shape index (κ2) is 5.65. The number of aromatic nitrogens is 2. The van der Waals surface area contributed by atoms with E-state index in [1.165, 1.54) is 18.4 Å². The van der Waals surface area contributed by atoms with Crippen molar-refractivity contribution >= 4 is 5.95 Å². The Hall–Kier alpha value is -1.16. The molecule has 1 N–H and O–H groups in total. The van der Waals surface area contributed by atoms with Crippen LogP contribution in [-0.4, -0.2) is 28.6 Å². The minimum Gasteiger partial charge on any atom is -0.339 e. The lowest BCUT2D eigenvalue weighted by Crippen LogP contribution is -2.32. The van der Waals surface area contributed by atoms with Crippen LogP contribution in [0.4, 0.5) is 5.95 Å². The molecule has 4 nitrogen and oxygen atoms in total. The molecular weight excluding hydrogens is 224 g/mol. The van der Waals surface area contributed by atoms with Crippen molar-refractivity contribution in [3.63, 3.8) is 0 Å². The van der Waals surface area contributed by atoms with E-state index in [2.05, 4.69) is 47.9 Å². The quantitative estimate of drug-likeness (QED) is 0.838. The predicted molar refractivity (Wildman–Crippen MR) is 74.8 cm³/mol. The minimum absolute atomic E-state index is 0.435. The summed E-state index contributed by atoms with van der Waals surface area (Å²) in [6, 6.07) is 1.16. The highest BCUT2D eigenvalue weighted by atomic mass is 15.3. The fourth-order valence-corrected chi connectivity index (χ4v) is 2.07. The second-order valence-electron chi connectivity index (χ2n) is 5.32. The molecule has 18 heavy (non-hydrogen) atoms. The topological polar surface area (TPSA) is 41.1 Å². The Bertz CT molecular complexity index is 399. The summed E-state index contributed by atoms with van der Waals surface area (Å²) in [4.78, 5) is 11.4. The van der Waals surface area contributed by atoms with E-state index in [4.69, 9.17) is 0 Å². The van der Waals surface area contributed by atoms with Gasteiger partial charge in [-0.2, -0.15) is 0 Å². The summed E-state index contributed by atoms with van der Waals surface area (Å²) < 4.78 is 0. The lowest BCUT2D eigenvalue weighted by atomic mass is 10.2. The highest BCUT2D eigenvalue weighted by Gasteiger charge is 2.20. The van der Waals surface area contributed by atoms with Crippen molar-refractivity contribution in [1.29, 1.82) is 0 Å². The maximum absolute atomic E-state index is 4.64. The highest BCUT2D eigenvalue weighted by molar-refractivity contribution is 5.33. The first-order valence-corrected chi connectivity index (χ1v) is 6.94. The maximum atomic E-state index is 4.64. The van der Waals surface area contributed by atoms with Gasteiger partial charge in [0.25, 0.3) is 0 Å². The van der Waals surface area contributed by atoms with Gasteiger partial charge in [-0.15, -0.1) is 0 Å². The largest absolute Gasteiger partial charge is 0.339 e. The zero-order valence-corrected chi connectivity index (χ0v) is 11.9. The van der Waals surface area contributed by atoms with Gasteiger partial charge in [-0.1, -0.05) is 0 Å². The normalized spacial score (nSPS) is 15.2. The first-order chi connectivity index (χ1) is 8.61. The zero-order valence-electron chi connectivity index (χ0n) is 11.9. The average Bonchev–Trinajstić information content (AvgIpc) is 3.12. The number of nitrogens with zero attached hydrogens (tertiary/aromatic N) is 3. The van der Waals surface area contributed by atoms with E-state index in [1.54, 1.807) is 0 Å². The molecule has 1 fully saturated rings. The molecule has 1 heterocycles. The Morgan fingerprint density at radius 3 is 2.67 bits per heavy atom. The summed E-state index contributed by atoms with van der Waals surface area (Å²) in [5, 5.41) is 3.51. The third-order valence-corrected chi connectivity index (χ3v) is 3.45. The Labute approximate surface area is 110 Å². The van der Waals surface area contributed by atoms with Crippen molar-refractivity contribution in [2.45, 2.75) is 59.2 Å². The van der Waals surface area contributed by atoms with Crippen LogP contribution in [-0.2, 0) is 6.54 Å². The number of aryl methyl sites for hydroxylation is 1. The van der Waals surface area contributed by atoms with Gasteiger partial charge in [0.2, 0.25) is 5.95 Å². The van der Waals surface area contributed by atoms with Gasteiger partial charge in [-0.05, 0) is 40.5 Å². The Balaban J connectivity index is 2.07. The minimum atomic E-state index is 0.435. The third-order valence-electron chi connectivity index (χ3n) is 3.45. The average molecular weight is 248 g/mol. The van der Waals surface area contributed by atoms with Crippen LogP contribution in [0.2, 0.25) is 0 Å². The molecule has 0 radical (unpaired) electrons. The van der Waals surface area contributed by atoms with Crippen molar-refractivity contribution < 1.29 is 0 Å². The summed E-state index contributed by atoms with van der Waals surface area (Å²) >= 11 is 0. The van der Waals surface area contributed by atoms with E-state index in [1.807, 2.05) is 6.20 Å². The molecule has 0 amide bonds. The SMILES string of the molecule is CCN(c1ncc(CNC2CC2)c(C)n1)C(C)C. The van der Waals surface area contributed by atoms with Gasteiger partial charge in [0.15, 0.2) is 0 Å². The number of nitrogens with one attached hydrogen (secondary N) is 1. The Kier molecular flexibility index (Phi) is 4.17. The first-order valence-electron chi connectivity index (χ1n) is 6.94. The van der Waals surface area contributed by atoms with Crippen molar-refractivity contribution in [2.24, 2.45) is 0 Å². The molecule has 1 aliphatic rings. The van der Waals surface area contributed by atoms with Gasteiger partial charge in [-0.3, -0.25) is 0 Å². The predicted octanol–water partition coefficient (Wildman–Crippen LogP) is 2.27. The molecule has 0 aliphatic heterocycles. The lowest BCUT2D eigenvalue weighted by Gasteiger charge is -2.25. The molecule has 0 unspecified atom stereocenters. The molecule has 0 aromatic carbocycles. The van der Waals surface area contributed by atoms with Crippen LogP contribution in [0.5, 0.6) is 0 Å². The van der Waals surface area contributed by atoms with Crippen LogP contribution in [0.15, 0.2) is 6.20 Å². The van der Waals surface area contributed by atoms with Crippen LogP contribution in [0.3, 0.4) is 0 Å². The van der Waals surface area contributed by atoms with Crippen molar-refractivity contribution in [1.82, 2.24) is 15.3 Å². The maximum Gasteiger partial charge on any atom is 0.225 e. The van der Waals surface area contributed by atoms with Crippen molar-refractivity contribution in [3.05, 3.63) is 17.5 Å². The van der Waals surface area contributed by atoms with Crippen LogP contribution in [0.25, 0.3) is 0 Å². The van der Waals surface area contributed by atoms with E-state index in [0.717, 1.165) is 30.8 Å². The van der Waals surface area contributed by atoms with E-state index in [0.29, 0.717) is 6.04 Å². The molecule has 4 heteroatoms. The van der Waals surface area contributed by atoms with Gasteiger partial charge >= 0.3 is 0 Å². The molecule has 0 atom stereocenters. The van der Waals surface area contributed by atoms with Gasteiger partial charge in [0.1, 0.15) is 0 Å². The molecule has 100 valence electrons. The summed E-state index contributed by atoms with van der Waals surface area (Å²) in [6.07, 6.45) is 4.60. The smallest absolute Gasteiger partial charge is 0.225 e. The van der Waals surface area contributed by atoms with Gasteiger partial charge in [-0.25, -0.2) is 9.97 Å². The van der Waals surface area contributed by atoms with Gasteiger partial charge < -0.3 is 10.2 Å².